The van der Waals surface area contributed by atoms with Gasteiger partial charge in [-0.25, -0.2) is 4.39 Å². The minimum absolute atomic E-state index is 0.144. The Morgan fingerprint density at radius 1 is 1.26 bits per heavy atom. The van der Waals surface area contributed by atoms with Gasteiger partial charge in [0, 0.05) is 29.2 Å². The van der Waals surface area contributed by atoms with Gasteiger partial charge in [0.05, 0.1) is 7.11 Å². The van der Waals surface area contributed by atoms with Gasteiger partial charge >= 0.3 is 0 Å². The fourth-order valence-electron chi connectivity index (χ4n) is 2.54. The molecule has 0 bridgehead atoms. The first kappa shape index (κ1) is 15.1. The summed E-state index contributed by atoms with van der Waals surface area (Å²) in [5.41, 5.74) is 2.37. The third kappa shape index (κ3) is 3.34. The number of aromatic amines is 1. The van der Waals surface area contributed by atoms with E-state index >= 15 is 0 Å². The first-order chi connectivity index (χ1) is 11.2. The lowest BCUT2D eigenvalue weighted by Crippen LogP contribution is -2.25. The van der Waals surface area contributed by atoms with Gasteiger partial charge in [-0.2, -0.15) is 0 Å². The van der Waals surface area contributed by atoms with Crippen LogP contribution in [0.15, 0.2) is 48.7 Å². The average Bonchev–Trinajstić information content (AvgIpc) is 2.97. The lowest BCUT2D eigenvalue weighted by molar-refractivity contribution is 0.0954. The van der Waals surface area contributed by atoms with Gasteiger partial charge in [-0.05, 0) is 48.4 Å². The minimum atomic E-state index is -0.266. The monoisotopic (exact) mass is 312 g/mol. The number of hydrogen-bond donors (Lipinski definition) is 2. The molecule has 2 aromatic carbocycles. The maximum Gasteiger partial charge on any atom is 0.251 e. The molecule has 0 aliphatic heterocycles. The number of nitrogens with one attached hydrogen (secondary N) is 2. The normalized spacial score (nSPS) is 10.7. The van der Waals surface area contributed by atoms with Crippen LogP contribution in [0.3, 0.4) is 0 Å². The topological polar surface area (TPSA) is 54.1 Å². The molecule has 3 rings (SSSR count). The summed E-state index contributed by atoms with van der Waals surface area (Å²) in [6, 6.07) is 11.7. The van der Waals surface area contributed by atoms with Crippen LogP contribution in [0.25, 0.3) is 10.9 Å². The zero-order chi connectivity index (χ0) is 16.2. The van der Waals surface area contributed by atoms with Crippen molar-refractivity contribution in [1.82, 2.24) is 10.3 Å². The SMILES string of the molecule is COc1cccc(C(=O)NCCc2c[nH]c3cc(F)ccc23)c1. The van der Waals surface area contributed by atoms with E-state index in [2.05, 4.69) is 10.3 Å². The first-order valence-electron chi connectivity index (χ1n) is 7.35. The van der Waals surface area contributed by atoms with E-state index in [-0.39, 0.29) is 11.7 Å². The highest BCUT2D eigenvalue weighted by Crippen LogP contribution is 2.19. The van der Waals surface area contributed by atoms with E-state index in [0.29, 0.717) is 24.3 Å². The van der Waals surface area contributed by atoms with Gasteiger partial charge in [-0.3, -0.25) is 4.79 Å². The highest BCUT2D eigenvalue weighted by Gasteiger charge is 2.08. The Bertz CT molecular complexity index is 842. The van der Waals surface area contributed by atoms with Crippen LogP contribution in [-0.4, -0.2) is 24.5 Å². The fraction of sp³-hybridized carbons (Fsp3) is 0.167. The first-order valence-corrected chi connectivity index (χ1v) is 7.35. The lowest BCUT2D eigenvalue weighted by Gasteiger charge is -2.06. The highest BCUT2D eigenvalue weighted by atomic mass is 19.1. The molecule has 0 unspecified atom stereocenters. The number of methoxy groups -OCH3 is 1. The maximum absolute atomic E-state index is 13.2. The third-order valence-corrected chi connectivity index (χ3v) is 3.74. The van der Waals surface area contributed by atoms with Gasteiger partial charge in [0.2, 0.25) is 0 Å². The number of halogens is 1. The summed E-state index contributed by atoms with van der Waals surface area (Å²) in [6.45, 7) is 0.500. The number of rotatable bonds is 5. The Morgan fingerprint density at radius 3 is 2.96 bits per heavy atom. The zero-order valence-corrected chi connectivity index (χ0v) is 12.7. The summed E-state index contributed by atoms with van der Waals surface area (Å²) < 4.78 is 18.3. The van der Waals surface area contributed by atoms with Gasteiger partial charge in [0.15, 0.2) is 0 Å². The van der Waals surface area contributed by atoms with Crippen LogP contribution >= 0.6 is 0 Å². The number of aromatic nitrogens is 1. The molecule has 0 radical (unpaired) electrons. The number of benzene rings is 2. The lowest BCUT2D eigenvalue weighted by atomic mass is 10.1. The van der Waals surface area contributed by atoms with E-state index in [4.69, 9.17) is 4.74 Å². The molecule has 0 saturated carbocycles. The second-order valence-electron chi connectivity index (χ2n) is 5.24. The molecule has 4 nitrogen and oxygen atoms in total. The summed E-state index contributed by atoms with van der Waals surface area (Å²) in [5, 5.41) is 3.86. The van der Waals surface area contributed by atoms with Crippen molar-refractivity contribution in [3.63, 3.8) is 0 Å². The molecule has 3 aromatic rings. The van der Waals surface area contributed by atoms with Crippen molar-refractivity contribution < 1.29 is 13.9 Å². The van der Waals surface area contributed by atoms with Gasteiger partial charge in [0.1, 0.15) is 11.6 Å². The Balaban J connectivity index is 1.63. The number of H-pyrrole nitrogens is 1. The van der Waals surface area contributed by atoms with Crippen LogP contribution in [0.5, 0.6) is 5.75 Å². The molecule has 2 N–H and O–H groups in total. The van der Waals surface area contributed by atoms with Crippen LogP contribution in [0.4, 0.5) is 4.39 Å². The molecule has 0 aliphatic rings. The van der Waals surface area contributed by atoms with Crippen molar-refractivity contribution in [2.45, 2.75) is 6.42 Å². The van der Waals surface area contributed by atoms with E-state index < -0.39 is 0 Å². The summed E-state index contributed by atoms with van der Waals surface area (Å²) >= 11 is 0. The van der Waals surface area contributed by atoms with E-state index in [9.17, 15) is 9.18 Å². The minimum Gasteiger partial charge on any atom is -0.497 e. The molecule has 0 atom stereocenters. The smallest absolute Gasteiger partial charge is 0.251 e. The molecule has 118 valence electrons. The summed E-state index contributed by atoms with van der Waals surface area (Å²) in [7, 11) is 1.57. The molecule has 0 fully saturated rings. The molecule has 0 saturated heterocycles. The van der Waals surface area contributed by atoms with E-state index in [1.807, 2.05) is 6.20 Å². The number of fused-ring (bicyclic) bond motifs is 1. The van der Waals surface area contributed by atoms with Crippen LogP contribution in [0.2, 0.25) is 0 Å². The zero-order valence-electron chi connectivity index (χ0n) is 12.7. The van der Waals surface area contributed by atoms with Crippen LogP contribution in [0, 0.1) is 5.82 Å². The number of amides is 1. The number of ether oxygens (including phenoxy) is 1. The molecule has 0 spiro atoms. The summed E-state index contributed by atoms with van der Waals surface area (Å²) in [4.78, 5) is 15.2. The summed E-state index contributed by atoms with van der Waals surface area (Å²) in [6.07, 6.45) is 2.52. The molecule has 23 heavy (non-hydrogen) atoms. The average molecular weight is 312 g/mol. The van der Waals surface area contributed by atoms with Crippen molar-refractivity contribution in [3.05, 3.63) is 65.6 Å². The quantitative estimate of drug-likeness (QED) is 0.759. The molecular weight excluding hydrogens is 295 g/mol. The van der Waals surface area contributed by atoms with Crippen molar-refractivity contribution in [1.29, 1.82) is 0 Å². The van der Waals surface area contributed by atoms with Gasteiger partial charge < -0.3 is 15.0 Å². The number of carbonyl (C=O) groups excluding carboxylic acids is 1. The van der Waals surface area contributed by atoms with Crippen molar-refractivity contribution >= 4 is 16.8 Å². The van der Waals surface area contributed by atoms with E-state index in [1.54, 1.807) is 37.4 Å². The Hall–Kier alpha value is -2.82. The van der Waals surface area contributed by atoms with E-state index in [0.717, 1.165) is 16.5 Å². The standard InChI is InChI=1S/C18H17FN2O2/c1-23-15-4-2-3-12(9-15)18(22)20-8-7-13-11-21-17-10-14(19)5-6-16(13)17/h2-6,9-11,21H,7-8H2,1H3,(H,20,22). The van der Waals surface area contributed by atoms with Crippen LogP contribution in [0.1, 0.15) is 15.9 Å². The number of carbonyl (C=O) groups is 1. The molecule has 0 aliphatic carbocycles. The van der Waals surface area contributed by atoms with Gasteiger partial charge in [-0.15, -0.1) is 0 Å². The predicted octanol–water partition coefficient (Wildman–Crippen LogP) is 3.29. The third-order valence-electron chi connectivity index (χ3n) is 3.74. The van der Waals surface area contributed by atoms with E-state index in [1.165, 1.54) is 12.1 Å². The molecule has 1 aromatic heterocycles. The number of hydrogen-bond acceptors (Lipinski definition) is 2. The fourth-order valence-corrected chi connectivity index (χ4v) is 2.54. The van der Waals surface area contributed by atoms with Gasteiger partial charge in [-0.1, -0.05) is 6.07 Å². The summed E-state index contributed by atoms with van der Waals surface area (Å²) in [5.74, 6) is 0.239. The van der Waals surface area contributed by atoms with Crippen molar-refractivity contribution in [3.8, 4) is 5.75 Å². The molecule has 1 heterocycles. The van der Waals surface area contributed by atoms with Crippen LogP contribution < -0.4 is 10.1 Å². The Kier molecular flexibility index (Phi) is 4.28. The molecular formula is C18H17FN2O2. The van der Waals surface area contributed by atoms with Crippen molar-refractivity contribution in [2.75, 3.05) is 13.7 Å². The highest BCUT2D eigenvalue weighted by molar-refractivity contribution is 5.94. The molecule has 5 heteroatoms. The maximum atomic E-state index is 13.2. The van der Waals surface area contributed by atoms with Gasteiger partial charge in [0.25, 0.3) is 5.91 Å². The predicted molar refractivity (Wildman–Crippen MR) is 87.3 cm³/mol. The second-order valence-corrected chi connectivity index (χ2v) is 5.24. The molecule has 1 amide bonds. The van der Waals surface area contributed by atoms with Crippen molar-refractivity contribution in [2.24, 2.45) is 0 Å². The Morgan fingerprint density at radius 2 is 2.13 bits per heavy atom. The largest absolute Gasteiger partial charge is 0.497 e. The second kappa shape index (κ2) is 6.52. The van der Waals surface area contributed by atoms with Crippen LogP contribution in [-0.2, 0) is 6.42 Å². The Labute approximate surface area is 133 Å².